The number of nitrogens with zero attached hydrogens (tertiary/aromatic N) is 5. The lowest BCUT2D eigenvalue weighted by atomic mass is 9.96. The molecule has 1 amide bonds. The third kappa shape index (κ3) is 3.94. The Morgan fingerprint density at radius 3 is 2.83 bits per heavy atom. The van der Waals surface area contributed by atoms with Gasteiger partial charge in [-0.05, 0) is 50.3 Å². The normalized spacial score (nSPS) is 15.4. The molecule has 1 fully saturated rings. The Bertz CT molecular complexity index is 1460. The summed E-state index contributed by atoms with van der Waals surface area (Å²) in [4.78, 5) is 33.2. The summed E-state index contributed by atoms with van der Waals surface area (Å²) in [6, 6.07) is 8.06. The summed E-state index contributed by atoms with van der Waals surface area (Å²) >= 11 is 0. The van der Waals surface area contributed by atoms with Crippen molar-refractivity contribution in [2.24, 2.45) is 0 Å². The van der Waals surface area contributed by atoms with Crippen molar-refractivity contribution in [2.75, 3.05) is 19.0 Å². The Balaban J connectivity index is 1.32. The Kier molecular flexibility index (Phi) is 5.55. The van der Waals surface area contributed by atoms with Crippen molar-refractivity contribution in [1.82, 2.24) is 24.8 Å². The molecule has 2 aliphatic rings. The Morgan fingerprint density at radius 2 is 2.06 bits per heavy atom. The maximum absolute atomic E-state index is 12.8. The molecular weight excluding hydrogens is 456 g/mol. The molecule has 0 radical (unpaired) electrons. The van der Waals surface area contributed by atoms with Gasteiger partial charge in [0.1, 0.15) is 17.4 Å². The topological polar surface area (TPSA) is 106 Å². The predicted octanol–water partition coefficient (Wildman–Crippen LogP) is 4.58. The molecule has 4 heterocycles. The number of nitrogens with one attached hydrogen (secondary N) is 1. The van der Waals surface area contributed by atoms with E-state index in [0.29, 0.717) is 41.1 Å². The first-order valence-electron chi connectivity index (χ1n) is 12.3. The van der Waals surface area contributed by atoms with Crippen LogP contribution in [0.5, 0.6) is 5.88 Å². The number of amides is 1. The van der Waals surface area contributed by atoms with Gasteiger partial charge in [-0.2, -0.15) is 0 Å². The third-order valence-electron chi connectivity index (χ3n) is 6.89. The molecule has 1 saturated carbocycles. The molecule has 4 aromatic rings. The van der Waals surface area contributed by atoms with Crippen LogP contribution >= 0.6 is 0 Å². The van der Waals surface area contributed by atoms with Crippen molar-refractivity contribution in [1.29, 1.82) is 0 Å². The monoisotopic (exact) mass is 484 g/mol. The number of carbonyl (C=O) groups excluding carboxylic acids is 1. The first kappa shape index (κ1) is 22.5. The van der Waals surface area contributed by atoms with E-state index in [0.717, 1.165) is 53.8 Å². The summed E-state index contributed by atoms with van der Waals surface area (Å²) in [5.74, 6) is 2.05. The summed E-state index contributed by atoms with van der Waals surface area (Å²) in [6.07, 6.45) is 6.17. The van der Waals surface area contributed by atoms with Crippen LogP contribution in [-0.2, 0) is 13.0 Å². The lowest BCUT2D eigenvalue weighted by Crippen LogP contribution is -2.42. The van der Waals surface area contributed by atoms with E-state index in [1.165, 1.54) is 6.33 Å². The van der Waals surface area contributed by atoms with Crippen molar-refractivity contribution in [3.63, 3.8) is 0 Å². The van der Waals surface area contributed by atoms with Crippen LogP contribution < -0.4 is 10.1 Å². The van der Waals surface area contributed by atoms with Gasteiger partial charge in [-0.1, -0.05) is 12.1 Å². The molecule has 0 unspecified atom stereocenters. The molecule has 1 aliphatic carbocycles. The highest BCUT2D eigenvalue weighted by Crippen LogP contribution is 2.45. The number of hydrogen-bond acceptors (Lipinski definition) is 8. The van der Waals surface area contributed by atoms with Crippen LogP contribution in [0, 0.1) is 0 Å². The Hall–Kier alpha value is -4.01. The molecule has 0 spiro atoms. The molecule has 0 atom stereocenters. The van der Waals surface area contributed by atoms with E-state index in [9.17, 15) is 4.79 Å². The van der Waals surface area contributed by atoms with E-state index in [1.54, 1.807) is 13.4 Å². The quantitative estimate of drug-likeness (QED) is 0.406. The van der Waals surface area contributed by atoms with Crippen LogP contribution in [0.4, 0.5) is 5.82 Å². The van der Waals surface area contributed by atoms with E-state index >= 15 is 0 Å². The number of furan rings is 1. The zero-order valence-corrected chi connectivity index (χ0v) is 20.6. The van der Waals surface area contributed by atoms with E-state index in [2.05, 4.69) is 35.2 Å². The molecule has 6 rings (SSSR count). The molecule has 1 N–H and O–H groups in total. The van der Waals surface area contributed by atoms with Gasteiger partial charge in [-0.25, -0.2) is 19.9 Å². The molecule has 0 bridgehead atoms. The minimum absolute atomic E-state index is 0.106. The number of benzene rings is 1. The number of rotatable bonds is 7. The summed E-state index contributed by atoms with van der Waals surface area (Å²) in [5, 5.41) is 3.43. The number of hydrogen-bond donors (Lipinski definition) is 1. The van der Waals surface area contributed by atoms with Crippen LogP contribution in [-0.4, -0.2) is 50.4 Å². The van der Waals surface area contributed by atoms with Gasteiger partial charge in [0, 0.05) is 36.7 Å². The van der Waals surface area contributed by atoms with Gasteiger partial charge in [-0.3, -0.25) is 4.79 Å². The van der Waals surface area contributed by atoms with Gasteiger partial charge in [-0.15, -0.1) is 0 Å². The number of methoxy groups -OCH3 is 1. The zero-order chi connectivity index (χ0) is 24.8. The average Bonchev–Trinajstić information content (AvgIpc) is 3.63. The minimum atomic E-state index is 0.106. The number of ether oxygens (including phenoxy) is 1. The third-order valence-corrected chi connectivity index (χ3v) is 6.89. The smallest absolute Gasteiger partial charge is 0.254 e. The maximum Gasteiger partial charge on any atom is 0.254 e. The van der Waals surface area contributed by atoms with Crippen LogP contribution in [0.15, 0.2) is 41.3 Å². The largest absolute Gasteiger partial charge is 0.480 e. The van der Waals surface area contributed by atoms with Crippen molar-refractivity contribution < 1.29 is 13.9 Å². The van der Waals surface area contributed by atoms with Crippen molar-refractivity contribution in [3.05, 3.63) is 59.2 Å². The second-order valence-corrected chi connectivity index (χ2v) is 9.64. The lowest BCUT2D eigenvalue weighted by molar-refractivity contribution is 0.0688. The summed E-state index contributed by atoms with van der Waals surface area (Å²) in [6.45, 7) is 5.38. The van der Waals surface area contributed by atoms with Gasteiger partial charge in [0.15, 0.2) is 17.2 Å². The van der Waals surface area contributed by atoms with Gasteiger partial charge in [0.2, 0.25) is 5.88 Å². The van der Waals surface area contributed by atoms with E-state index < -0.39 is 0 Å². The van der Waals surface area contributed by atoms with Crippen molar-refractivity contribution in [3.8, 4) is 17.3 Å². The molecule has 9 heteroatoms. The highest BCUT2D eigenvalue weighted by molar-refractivity contribution is 5.97. The molecule has 1 aromatic carbocycles. The number of aromatic nitrogens is 4. The molecule has 1 aliphatic heterocycles. The Morgan fingerprint density at radius 1 is 1.19 bits per heavy atom. The van der Waals surface area contributed by atoms with E-state index in [4.69, 9.17) is 19.1 Å². The second kappa shape index (κ2) is 8.89. The van der Waals surface area contributed by atoms with Crippen LogP contribution in [0.1, 0.15) is 59.8 Å². The van der Waals surface area contributed by atoms with Crippen LogP contribution in [0.25, 0.3) is 22.5 Å². The molecule has 9 nitrogen and oxygen atoms in total. The first-order chi connectivity index (χ1) is 17.5. The summed E-state index contributed by atoms with van der Waals surface area (Å²) < 4.78 is 11.3. The molecule has 184 valence electrons. The van der Waals surface area contributed by atoms with Gasteiger partial charge in [0.25, 0.3) is 5.91 Å². The van der Waals surface area contributed by atoms with Gasteiger partial charge >= 0.3 is 0 Å². The Labute approximate surface area is 208 Å². The fourth-order valence-electron chi connectivity index (χ4n) is 4.86. The summed E-state index contributed by atoms with van der Waals surface area (Å²) in [5.41, 5.74) is 5.88. The van der Waals surface area contributed by atoms with Crippen molar-refractivity contribution in [2.45, 2.75) is 51.6 Å². The minimum Gasteiger partial charge on any atom is -0.480 e. The molecule has 36 heavy (non-hydrogen) atoms. The lowest BCUT2D eigenvalue weighted by Gasteiger charge is -2.32. The van der Waals surface area contributed by atoms with E-state index in [-0.39, 0.29) is 11.9 Å². The zero-order valence-electron chi connectivity index (χ0n) is 20.6. The second-order valence-electron chi connectivity index (χ2n) is 9.64. The first-order valence-corrected chi connectivity index (χ1v) is 12.3. The SMILES string of the molecule is COc1ncnc(C2CC2)c1-c1nc(NCc2ccc3c(c2)CCN(C(C)C)C3=O)c2occc2n1. The molecule has 3 aromatic heterocycles. The fourth-order valence-corrected chi connectivity index (χ4v) is 4.86. The predicted molar refractivity (Wildman–Crippen MR) is 135 cm³/mol. The van der Waals surface area contributed by atoms with Crippen molar-refractivity contribution >= 4 is 22.8 Å². The van der Waals surface area contributed by atoms with Crippen LogP contribution in [0.3, 0.4) is 0 Å². The van der Waals surface area contributed by atoms with Gasteiger partial charge < -0.3 is 19.4 Å². The average molecular weight is 485 g/mol. The standard InChI is InChI=1S/C27H28N6O3/c1-15(2)33-10-8-18-12-16(4-7-19(18)27(33)34)13-28-25-23-20(9-11-36-23)31-24(32-25)21-22(17-5-6-17)29-14-30-26(21)35-3/h4,7,9,11-12,14-15,17H,5-6,8,10,13H2,1-3H3,(H,28,31,32). The number of anilines is 1. The number of carbonyl (C=O) groups is 1. The van der Waals surface area contributed by atoms with E-state index in [1.807, 2.05) is 23.1 Å². The maximum atomic E-state index is 12.8. The van der Waals surface area contributed by atoms with Crippen LogP contribution in [0.2, 0.25) is 0 Å². The molecular formula is C27H28N6O3. The molecule has 0 saturated heterocycles. The highest BCUT2D eigenvalue weighted by atomic mass is 16.5. The summed E-state index contributed by atoms with van der Waals surface area (Å²) in [7, 11) is 1.60. The highest BCUT2D eigenvalue weighted by Gasteiger charge is 2.32. The van der Waals surface area contributed by atoms with Gasteiger partial charge in [0.05, 0.1) is 19.1 Å². The fraction of sp³-hybridized carbons (Fsp3) is 0.370. The number of fused-ring (bicyclic) bond motifs is 2.